The van der Waals surface area contributed by atoms with Crippen molar-refractivity contribution in [3.63, 3.8) is 0 Å². The van der Waals surface area contributed by atoms with Crippen molar-refractivity contribution in [1.29, 1.82) is 0 Å². The highest BCUT2D eigenvalue weighted by molar-refractivity contribution is 7.88. The summed E-state index contributed by atoms with van der Waals surface area (Å²) in [4.78, 5) is 0. The molecule has 0 atom stereocenters. The summed E-state index contributed by atoms with van der Waals surface area (Å²) in [5.74, 6) is 2.27. The van der Waals surface area contributed by atoms with Gasteiger partial charge in [0.15, 0.2) is 0 Å². The van der Waals surface area contributed by atoms with Crippen molar-refractivity contribution in [2.24, 2.45) is 0 Å². The number of hydrogen-bond donors (Lipinski definition) is 1. The third-order valence-corrected chi connectivity index (χ3v) is 3.83. The molecule has 0 saturated heterocycles. The molecular weight excluding hydrogens is 258 g/mol. The molecule has 0 heterocycles. The maximum atomic E-state index is 11.8. The van der Waals surface area contributed by atoms with Gasteiger partial charge in [0, 0.05) is 5.02 Å². The first-order chi connectivity index (χ1) is 7.74. The minimum absolute atomic E-state index is 0.116. The van der Waals surface area contributed by atoms with Gasteiger partial charge in [-0.05, 0) is 31.5 Å². The molecule has 17 heavy (non-hydrogen) atoms. The van der Waals surface area contributed by atoms with E-state index in [0.717, 1.165) is 0 Å². The van der Waals surface area contributed by atoms with Gasteiger partial charge in [-0.3, -0.25) is 0 Å². The minimum atomic E-state index is -3.45. The quantitative estimate of drug-likeness (QED) is 0.853. The van der Waals surface area contributed by atoms with Crippen molar-refractivity contribution in [1.82, 2.24) is 4.72 Å². The van der Waals surface area contributed by atoms with Crippen molar-refractivity contribution in [3.8, 4) is 12.3 Å². The highest BCUT2D eigenvalue weighted by Gasteiger charge is 2.22. The van der Waals surface area contributed by atoms with Crippen LogP contribution in [0.1, 0.15) is 19.4 Å². The first-order valence-corrected chi connectivity index (χ1v) is 7.01. The second-order valence-corrected chi connectivity index (χ2v) is 6.42. The maximum Gasteiger partial charge on any atom is 0.217 e. The summed E-state index contributed by atoms with van der Waals surface area (Å²) in [6.45, 7) is 3.26. The zero-order chi connectivity index (χ0) is 13.1. The van der Waals surface area contributed by atoms with Gasteiger partial charge in [0.2, 0.25) is 10.0 Å². The van der Waals surface area contributed by atoms with Crippen LogP contribution in [-0.2, 0) is 15.8 Å². The predicted molar refractivity (Wildman–Crippen MR) is 70.1 cm³/mol. The van der Waals surface area contributed by atoms with Gasteiger partial charge in [0.05, 0.1) is 11.3 Å². The van der Waals surface area contributed by atoms with Gasteiger partial charge in [0.25, 0.3) is 0 Å². The summed E-state index contributed by atoms with van der Waals surface area (Å²) in [7, 11) is -3.45. The summed E-state index contributed by atoms with van der Waals surface area (Å²) in [6, 6.07) is 6.65. The fourth-order valence-electron chi connectivity index (χ4n) is 1.25. The molecule has 1 rings (SSSR count). The van der Waals surface area contributed by atoms with Gasteiger partial charge in [-0.2, -0.15) is 4.72 Å². The Morgan fingerprint density at radius 2 is 1.88 bits per heavy atom. The second kappa shape index (κ2) is 5.09. The molecule has 0 amide bonds. The molecule has 0 bridgehead atoms. The third-order valence-electron chi connectivity index (χ3n) is 2.04. The molecule has 5 heteroatoms. The number of sulfonamides is 1. The third kappa shape index (κ3) is 4.78. The molecular formula is C12H14ClNO2S. The minimum Gasteiger partial charge on any atom is -0.212 e. The normalized spacial score (nSPS) is 12.1. The Bertz CT molecular complexity index is 527. The zero-order valence-corrected chi connectivity index (χ0v) is 11.3. The molecule has 0 unspecified atom stereocenters. The van der Waals surface area contributed by atoms with E-state index in [1.165, 1.54) is 0 Å². The van der Waals surface area contributed by atoms with Crippen molar-refractivity contribution < 1.29 is 8.42 Å². The molecule has 1 N–H and O–H groups in total. The Morgan fingerprint density at radius 3 is 2.35 bits per heavy atom. The lowest BCUT2D eigenvalue weighted by Gasteiger charge is -2.19. The summed E-state index contributed by atoms with van der Waals surface area (Å²) in [5.41, 5.74) is -0.222. The van der Waals surface area contributed by atoms with Gasteiger partial charge in [-0.25, -0.2) is 8.42 Å². The van der Waals surface area contributed by atoms with Crippen LogP contribution in [0.5, 0.6) is 0 Å². The molecule has 0 fully saturated rings. The predicted octanol–water partition coefficient (Wildman–Crippen LogP) is 2.17. The van der Waals surface area contributed by atoms with Crippen LogP contribution in [0.25, 0.3) is 0 Å². The van der Waals surface area contributed by atoms with E-state index in [1.807, 2.05) is 0 Å². The van der Waals surface area contributed by atoms with E-state index in [4.69, 9.17) is 18.0 Å². The molecule has 92 valence electrons. The van der Waals surface area contributed by atoms with Crippen LogP contribution in [0.2, 0.25) is 5.02 Å². The standard InChI is InChI=1S/C12H14ClNO2S/c1-4-12(2,3)14-17(15,16)9-10-5-7-11(13)8-6-10/h1,5-8,14H,9H2,2-3H3. The number of halogens is 1. The Balaban J connectivity index is 2.81. The monoisotopic (exact) mass is 271 g/mol. The average Bonchev–Trinajstić information content (AvgIpc) is 2.20. The summed E-state index contributed by atoms with van der Waals surface area (Å²) in [5, 5.41) is 0.572. The van der Waals surface area contributed by atoms with Gasteiger partial charge >= 0.3 is 0 Å². The lowest BCUT2D eigenvalue weighted by molar-refractivity contribution is 0.538. The Labute approximate surface area is 107 Å². The van der Waals surface area contributed by atoms with Crippen LogP contribution in [0.3, 0.4) is 0 Å². The zero-order valence-electron chi connectivity index (χ0n) is 9.70. The van der Waals surface area contributed by atoms with Crippen molar-refractivity contribution >= 4 is 21.6 Å². The number of rotatable bonds is 4. The summed E-state index contributed by atoms with van der Waals surface area (Å²) in [6.07, 6.45) is 5.23. The van der Waals surface area contributed by atoms with E-state index in [0.29, 0.717) is 10.6 Å². The molecule has 0 aliphatic heterocycles. The molecule has 0 aromatic heterocycles. The molecule has 1 aromatic rings. The van der Waals surface area contributed by atoms with E-state index in [2.05, 4.69) is 10.6 Å². The van der Waals surface area contributed by atoms with Gasteiger partial charge in [-0.1, -0.05) is 29.7 Å². The number of hydrogen-bond acceptors (Lipinski definition) is 2. The fraction of sp³-hybridized carbons (Fsp3) is 0.333. The van der Waals surface area contributed by atoms with Gasteiger partial charge in [-0.15, -0.1) is 6.42 Å². The van der Waals surface area contributed by atoms with E-state index in [-0.39, 0.29) is 5.75 Å². The maximum absolute atomic E-state index is 11.8. The van der Waals surface area contributed by atoms with E-state index in [9.17, 15) is 8.42 Å². The Kier molecular flexibility index (Phi) is 4.21. The van der Waals surface area contributed by atoms with Crippen molar-refractivity contribution in [3.05, 3.63) is 34.9 Å². The van der Waals surface area contributed by atoms with E-state index < -0.39 is 15.6 Å². The SMILES string of the molecule is C#CC(C)(C)NS(=O)(=O)Cc1ccc(Cl)cc1. The lowest BCUT2D eigenvalue weighted by atomic mass is 10.1. The highest BCUT2D eigenvalue weighted by Crippen LogP contribution is 2.13. The topological polar surface area (TPSA) is 46.2 Å². The first kappa shape index (κ1) is 14.0. The van der Waals surface area contributed by atoms with E-state index in [1.54, 1.807) is 38.1 Å². The van der Waals surface area contributed by atoms with Gasteiger partial charge in [0.1, 0.15) is 0 Å². The van der Waals surface area contributed by atoms with Crippen LogP contribution in [0.15, 0.2) is 24.3 Å². The summed E-state index contributed by atoms with van der Waals surface area (Å²) >= 11 is 5.72. The second-order valence-electron chi connectivity index (χ2n) is 4.26. The van der Waals surface area contributed by atoms with Crippen LogP contribution in [-0.4, -0.2) is 14.0 Å². The Hall–Kier alpha value is -1.02. The average molecular weight is 272 g/mol. The van der Waals surface area contributed by atoms with Gasteiger partial charge < -0.3 is 0 Å². The van der Waals surface area contributed by atoms with Crippen molar-refractivity contribution in [2.45, 2.75) is 25.1 Å². The van der Waals surface area contributed by atoms with Crippen LogP contribution < -0.4 is 4.72 Å². The molecule has 0 aliphatic rings. The van der Waals surface area contributed by atoms with Crippen LogP contribution in [0, 0.1) is 12.3 Å². The Morgan fingerprint density at radius 1 is 1.35 bits per heavy atom. The van der Waals surface area contributed by atoms with Crippen LogP contribution >= 0.6 is 11.6 Å². The van der Waals surface area contributed by atoms with Crippen LogP contribution in [0.4, 0.5) is 0 Å². The first-order valence-electron chi connectivity index (χ1n) is 4.98. The molecule has 0 aliphatic carbocycles. The van der Waals surface area contributed by atoms with Crippen molar-refractivity contribution in [2.75, 3.05) is 0 Å². The lowest BCUT2D eigenvalue weighted by Crippen LogP contribution is -2.42. The largest absolute Gasteiger partial charge is 0.217 e. The number of benzene rings is 1. The highest BCUT2D eigenvalue weighted by atomic mass is 35.5. The molecule has 3 nitrogen and oxygen atoms in total. The van der Waals surface area contributed by atoms with E-state index >= 15 is 0 Å². The molecule has 0 radical (unpaired) electrons. The summed E-state index contributed by atoms with van der Waals surface area (Å²) < 4.78 is 26.1. The fourth-order valence-corrected chi connectivity index (χ4v) is 2.92. The smallest absolute Gasteiger partial charge is 0.212 e. The molecule has 0 saturated carbocycles. The number of terminal acetylenes is 1. The molecule has 1 aromatic carbocycles. The number of nitrogens with one attached hydrogen (secondary N) is 1. The molecule has 0 spiro atoms.